The molecule has 2 N–H and O–H groups in total. The van der Waals surface area contributed by atoms with E-state index in [-0.39, 0.29) is 18.4 Å². The van der Waals surface area contributed by atoms with Crippen LogP contribution in [0.2, 0.25) is 5.15 Å². The summed E-state index contributed by atoms with van der Waals surface area (Å²) in [5, 5.41) is 3.98. The third kappa shape index (κ3) is 3.18. The van der Waals surface area contributed by atoms with Crippen molar-refractivity contribution in [2.45, 2.75) is 26.3 Å². The Labute approximate surface area is 155 Å². The third-order valence-electron chi connectivity index (χ3n) is 4.50. The lowest BCUT2D eigenvalue weighted by molar-refractivity contribution is 0.406. The minimum atomic E-state index is -0.0957. The van der Waals surface area contributed by atoms with Crippen LogP contribution in [0.4, 0.5) is 11.8 Å². The highest BCUT2D eigenvalue weighted by Crippen LogP contribution is 2.40. The average Bonchev–Trinajstić information content (AvgIpc) is 2.93. The van der Waals surface area contributed by atoms with E-state index < -0.39 is 0 Å². The average molecular weight is 375 g/mol. The zero-order valence-corrected chi connectivity index (χ0v) is 15.5. The van der Waals surface area contributed by atoms with Gasteiger partial charge < -0.3 is 15.4 Å². The number of nitrogen functional groups attached to an aromatic ring is 1. The van der Waals surface area contributed by atoms with E-state index in [2.05, 4.69) is 25.0 Å². The zero-order chi connectivity index (χ0) is 18.8. The molecule has 0 aliphatic carbocycles. The maximum absolute atomic E-state index is 8.65. The molecule has 0 amide bonds. The van der Waals surface area contributed by atoms with Crippen molar-refractivity contribution < 1.29 is 4.74 Å². The van der Waals surface area contributed by atoms with Gasteiger partial charge in [0.05, 0.1) is 19.3 Å². The first-order valence-corrected chi connectivity index (χ1v) is 8.41. The van der Waals surface area contributed by atoms with Gasteiger partial charge in [0.1, 0.15) is 16.7 Å². The van der Waals surface area contributed by atoms with E-state index in [4.69, 9.17) is 27.6 Å². The van der Waals surface area contributed by atoms with Gasteiger partial charge in [0.25, 0.3) is 0 Å². The number of aryl methyl sites for hydroxylation is 1. The molecule has 3 heterocycles. The van der Waals surface area contributed by atoms with Crippen molar-refractivity contribution in [1.82, 2.24) is 15.0 Å². The summed E-state index contributed by atoms with van der Waals surface area (Å²) in [5.74, 6) is 1.48. The number of anilines is 2. The summed E-state index contributed by atoms with van der Waals surface area (Å²) in [5.41, 5.74) is 18.0. The molecule has 0 radical (unpaired) electrons. The van der Waals surface area contributed by atoms with Crippen LogP contribution in [0.5, 0.6) is 5.75 Å². The van der Waals surface area contributed by atoms with Gasteiger partial charge in [-0.1, -0.05) is 16.7 Å². The molecule has 0 spiro atoms. The molecule has 0 bridgehead atoms. The summed E-state index contributed by atoms with van der Waals surface area (Å²) in [6.45, 7) is 5.30. The Morgan fingerprint density at radius 2 is 2.23 bits per heavy atom. The zero-order valence-electron chi connectivity index (χ0n) is 14.8. The van der Waals surface area contributed by atoms with Crippen LogP contribution >= 0.6 is 11.6 Å². The molecule has 1 atom stereocenters. The summed E-state index contributed by atoms with van der Waals surface area (Å²) >= 11 is 6.29. The van der Waals surface area contributed by atoms with Crippen LogP contribution in [0.3, 0.4) is 0 Å². The number of rotatable bonds is 5. The van der Waals surface area contributed by atoms with Crippen LogP contribution in [0.25, 0.3) is 10.4 Å². The number of aromatic nitrogens is 3. The van der Waals surface area contributed by atoms with Gasteiger partial charge in [0.2, 0.25) is 5.95 Å². The monoisotopic (exact) mass is 374 g/mol. The second-order valence-corrected chi connectivity index (χ2v) is 6.50. The number of ether oxygens (including phenoxy) is 1. The van der Waals surface area contributed by atoms with Crippen LogP contribution < -0.4 is 15.4 Å². The highest BCUT2D eigenvalue weighted by atomic mass is 35.5. The van der Waals surface area contributed by atoms with Crippen molar-refractivity contribution in [3.63, 3.8) is 0 Å². The minimum Gasteiger partial charge on any atom is -0.496 e. The van der Waals surface area contributed by atoms with E-state index in [0.717, 1.165) is 28.1 Å². The number of hydrogen-bond donors (Lipinski definition) is 1. The smallest absolute Gasteiger partial charge is 0.223 e. The molecule has 0 saturated carbocycles. The Kier molecular flexibility index (Phi) is 5.01. The molecule has 0 aromatic carbocycles. The Hall–Kier alpha value is -2.77. The number of methoxy groups -OCH3 is 1. The van der Waals surface area contributed by atoms with Gasteiger partial charge in [-0.05, 0) is 19.4 Å². The van der Waals surface area contributed by atoms with E-state index in [1.807, 2.05) is 18.7 Å². The molecule has 9 nitrogen and oxygen atoms in total. The Bertz CT molecular complexity index is 896. The molecule has 136 valence electrons. The first-order valence-electron chi connectivity index (χ1n) is 8.04. The molecule has 2 aromatic rings. The molecule has 1 aliphatic rings. The first-order chi connectivity index (χ1) is 12.5. The van der Waals surface area contributed by atoms with E-state index >= 15 is 0 Å². The fraction of sp³-hybridized carbons (Fsp3) is 0.438. The van der Waals surface area contributed by atoms with Crippen molar-refractivity contribution >= 4 is 23.4 Å². The van der Waals surface area contributed by atoms with Crippen molar-refractivity contribution in [3.05, 3.63) is 44.2 Å². The summed E-state index contributed by atoms with van der Waals surface area (Å²) in [7, 11) is 1.65. The van der Waals surface area contributed by atoms with Crippen LogP contribution in [-0.2, 0) is 6.54 Å². The van der Waals surface area contributed by atoms with E-state index in [0.29, 0.717) is 24.1 Å². The van der Waals surface area contributed by atoms with Crippen molar-refractivity contribution in [3.8, 4) is 5.75 Å². The standard InChI is InChI=1S/C16H19ClN8O/c1-8-4-20-11(9(2)13(8)26-3)7-25-6-10(5-21-24-19)12-14(17)22-16(18)23-15(12)25/h4,10H,5-7H2,1-3H3,(H2,18,22,23). The third-order valence-corrected chi connectivity index (χ3v) is 4.79. The first kappa shape index (κ1) is 18.0. The largest absolute Gasteiger partial charge is 0.496 e. The summed E-state index contributed by atoms with van der Waals surface area (Å²) in [6.07, 6.45) is 1.79. The van der Waals surface area contributed by atoms with Gasteiger partial charge in [-0.3, -0.25) is 4.98 Å². The van der Waals surface area contributed by atoms with Gasteiger partial charge in [0.15, 0.2) is 0 Å². The summed E-state index contributed by atoms with van der Waals surface area (Å²) in [6, 6.07) is 0. The molecular weight excluding hydrogens is 356 g/mol. The number of halogens is 1. The molecule has 0 saturated heterocycles. The highest BCUT2D eigenvalue weighted by molar-refractivity contribution is 6.30. The Balaban J connectivity index is 1.99. The lowest BCUT2D eigenvalue weighted by Crippen LogP contribution is -2.24. The molecule has 10 heteroatoms. The Morgan fingerprint density at radius 3 is 2.92 bits per heavy atom. The van der Waals surface area contributed by atoms with Crippen molar-refractivity contribution in [2.75, 3.05) is 30.8 Å². The van der Waals surface area contributed by atoms with Gasteiger partial charge in [0, 0.05) is 46.8 Å². The van der Waals surface area contributed by atoms with Crippen LogP contribution in [-0.4, -0.2) is 35.2 Å². The number of hydrogen-bond acceptors (Lipinski definition) is 7. The van der Waals surface area contributed by atoms with E-state index in [1.165, 1.54) is 0 Å². The van der Waals surface area contributed by atoms with Crippen LogP contribution in [0, 0.1) is 13.8 Å². The molecule has 2 aromatic heterocycles. The lowest BCUT2D eigenvalue weighted by atomic mass is 10.1. The maximum atomic E-state index is 8.65. The summed E-state index contributed by atoms with van der Waals surface area (Å²) in [4.78, 5) is 17.8. The Morgan fingerprint density at radius 1 is 1.46 bits per heavy atom. The predicted molar refractivity (Wildman–Crippen MR) is 99.5 cm³/mol. The second kappa shape index (κ2) is 7.23. The fourth-order valence-corrected chi connectivity index (χ4v) is 3.64. The van der Waals surface area contributed by atoms with E-state index in [9.17, 15) is 0 Å². The lowest BCUT2D eigenvalue weighted by Gasteiger charge is -2.21. The highest BCUT2D eigenvalue weighted by Gasteiger charge is 2.33. The van der Waals surface area contributed by atoms with Gasteiger partial charge in [-0.2, -0.15) is 4.98 Å². The van der Waals surface area contributed by atoms with Crippen molar-refractivity contribution in [2.24, 2.45) is 5.11 Å². The van der Waals surface area contributed by atoms with E-state index in [1.54, 1.807) is 13.3 Å². The van der Waals surface area contributed by atoms with Gasteiger partial charge in [-0.25, -0.2) is 4.98 Å². The summed E-state index contributed by atoms with van der Waals surface area (Å²) < 4.78 is 5.48. The fourth-order valence-electron chi connectivity index (χ4n) is 3.32. The number of pyridine rings is 1. The van der Waals surface area contributed by atoms with Gasteiger partial charge >= 0.3 is 0 Å². The SMILES string of the molecule is COc1c(C)cnc(CN2CC(CN=[N+]=[N-])c3c(Cl)nc(N)nc32)c1C. The maximum Gasteiger partial charge on any atom is 0.223 e. The topological polar surface area (TPSA) is 126 Å². The van der Waals surface area contributed by atoms with Crippen molar-refractivity contribution in [1.29, 1.82) is 0 Å². The molecule has 26 heavy (non-hydrogen) atoms. The van der Waals surface area contributed by atoms with Crippen LogP contribution in [0.1, 0.15) is 28.3 Å². The molecule has 1 unspecified atom stereocenters. The predicted octanol–water partition coefficient (Wildman–Crippen LogP) is 3.15. The molecule has 3 rings (SSSR count). The second-order valence-electron chi connectivity index (χ2n) is 6.15. The number of nitrogens with two attached hydrogens (primary N) is 1. The number of azide groups is 1. The molecular formula is C16H19ClN8O. The normalized spacial score (nSPS) is 15.5. The number of nitrogens with zero attached hydrogens (tertiary/aromatic N) is 7. The van der Waals surface area contributed by atoms with Gasteiger partial charge in [-0.15, -0.1) is 0 Å². The quantitative estimate of drug-likeness (QED) is 0.370. The van der Waals surface area contributed by atoms with Crippen LogP contribution in [0.15, 0.2) is 11.3 Å². The molecule has 0 fully saturated rings. The molecule has 1 aliphatic heterocycles. The minimum absolute atomic E-state index is 0.0957. The number of fused-ring (bicyclic) bond motifs is 1.